The van der Waals surface area contributed by atoms with Gasteiger partial charge in [-0.05, 0) is 7.05 Å². The first-order valence-electron chi connectivity index (χ1n) is 2.15. The Hall–Kier alpha value is -0.0800. The molecule has 0 spiro atoms. The van der Waals surface area contributed by atoms with Crippen molar-refractivity contribution < 1.29 is 5.11 Å². The lowest BCUT2D eigenvalue weighted by Crippen LogP contribution is -1.98. The van der Waals surface area contributed by atoms with E-state index in [0.29, 0.717) is 12.6 Å². The van der Waals surface area contributed by atoms with Crippen LogP contribution in [0.15, 0.2) is 0 Å². The van der Waals surface area contributed by atoms with Gasteiger partial charge in [0.15, 0.2) is 0 Å². The fraction of sp³-hybridized carbons (Fsp3) is 1.00. The number of hydrogen-bond donors (Lipinski definition) is 1. The van der Waals surface area contributed by atoms with Crippen LogP contribution >= 0.6 is 0 Å². The van der Waals surface area contributed by atoms with E-state index in [1.165, 1.54) is 0 Å². The Balaban J connectivity index is 2.09. The second-order valence-corrected chi connectivity index (χ2v) is 1.78. The lowest BCUT2D eigenvalue weighted by molar-refractivity contribution is 0.280. The number of aliphatic hydroxyl groups is 1. The third-order valence-electron chi connectivity index (χ3n) is 1.20. The molecule has 1 N–H and O–H groups in total. The molecule has 2 unspecified atom stereocenters. The van der Waals surface area contributed by atoms with E-state index >= 15 is 0 Å². The summed E-state index contributed by atoms with van der Waals surface area (Å²) < 4.78 is 0. The van der Waals surface area contributed by atoms with Crippen LogP contribution in [0, 0.1) is 0 Å². The van der Waals surface area contributed by atoms with Crippen LogP contribution in [-0.2, 0) is 0 Å². The molecule has 2 atom stereocenters. The Morgan fingerprint density at radius 1 is 2.00 bits per heavy atom. The summed E-state index contributed by atoms with van der Waals surface area (Å²) in [6.07, 6.45) is 0. The van der Waals surface area contributed by atoms with Crippen LogP contribution in [0.5, 0.6) is 0 Å². The third kappa shape index (κ3) is 0.533. The van der Waals surface area contributed by atoms with Gasteiger partial charge in [0.2, 0.25) is 0 Å². The maximum absolute atomic E-state index is 8.33. The van der Waals surface area contributed by atoms with Crippen molar-refractivity contribution in [3.8, 4) is 0 Å². The van der Waals surface area contributed by atoms with Gasteiger partial charge in [0.25, 0.3) is 0 Å². The summed E-state index contributed by atoms with van der Waals surface area (Å²) in [7, 11) is 2.00. The van der Waals surface area contributed by atoms with E-state index < -0.39 is 0 Å². The molecule has 36 valence electrons. The van der Waals surface area contributed by atoms with E-state index in [-0.39, 0.29) is 0 Å². The molecule has 0 bridgehead atoms. The van der Waals surface area contributed by atoms with Crippen LogP contribution in [0.4, 0.5) is 0 Å². The highest BCUT2D eigenvalue weighted by Crippen LogP contribution is 2.10. The Bertz CT molecular complexity index is 53.5. The standard InChI is InChI=1S/C4H9NO/c1-5-2-4(5)3-6/h4,6H,2-3H2,1H3. The van der Waals surface area contributed by atoms with Crippen molar-refractivity contribution >= 4 is 0 Å². The first kappa shape index (κ1) is 4.09. The Kier molecular flexibility index (Phi) is 0.821. The zero-order chi connectivity index (χ0) is 4.57. The Morgan fingerprint density at radius 3 is 2.50 bits per heavy atom. The lowest BCUT2D eigenvalue weighted by Gasteiger charge is -1.82. The van der Waals surface area contributed by atoms with Gasteiger partial charge in [-0.1, -0.05) is 0 Å². The summed E-state index contributed by atoms with van der Waals surface area (Å²) in [4.78, 5) is 2.10. The van der Waals surface area contributed by atoms with E-state index in [9.17, 15) is 0 Å². The molecule has 0 aromatic heterocycles. The maximum Gasteiger partial charge on any atom is 0.0599 e. The molecule has 0 aromatic carbocycles. The summed E-state index contributed by atoms with van der Waals surface area (Å²) >= 11 is 0. The van der Waals surface area contributed by atoms with Crippen molar-refractivity contribution in [2.75, 3.05) is 20.2 Å². The number of aliphatic hydroxyl groups excluding tert-OH is 1. The second-order valence-electron chi connectivity index (χ2n) is 1.78. The summed E-state index contributed by atoms with van der Waals surface area (Å²) in [5.74, 6) is 0. The van der Waals surface area contributed by atoms with Gasteiger partial charge in [0.1, 0.15) is 0 Å². The van der Waals surface area contributed by atoms with Crippen molar-refractivity contribution in [3.05, 3.63) is 0 Å². The van der Waals surface area contributed by atoms with Gasteiger partial charge in [0, 0.05) is 12.6 Å². The van der Waals surface area contributed by atoms with Crippen molar-refractivity contribution in [2.24, 2.45) is 0 Å². The zero-order valence-corrected chi connectivity index (χ0v) is 3.89. The largest absolute Gasteiger partial charge is 0.395 e. The topological polar surface area (TPSA) is 23.2 Å². The average Bonchev–Trinajstić information content (AvgIpc) is 2.19. The van der Waals surface area contributed by atoms with Crippen LogP contribution in [0.1, 0.15) is 0 Å². The number of nitrogens with zero attached hydrogens (tertiary/aromatic N) is 1. The van der Waals surface area contributed by atoms with E-state index in [4.69, 9.17) is 5.11 Å². The molecular weight excluding hydrogens is 78.0 g/mol. The normalized spacial score (nSPS) is 43.0. The first-order valence-corrected chi connectivity index (χ1v) is 2.15. The maximum atomic E-state index is 8.33. The van der Waals surface area contributed by atoms with E-state index in [0.717, 1.165) is 6.54 Å². The minimum absolute atomic E-state index is 0.330. The number of hydrogen-bond acceptors (Lipinski definition) is 2. The lowest BCUT2D eigenvalue weighted by atomic mass is 10.5. The van der Waals surface area contributed by atoms with Crippen molar-refractivity contribution in [1.82, 2.24) is 4.90 Å². The molecule has 0 saturated carbocycles. The fourth-order valence-corrected chi connectivity index (χ4v) is 0.482. The van der Waals surface area contributed by atoms with Gasteiger partial charge in [-0.3, -0.25) is 4.90 Å². The van der Waals surface area contributed by atoms with E-state index in [1.807, 2.05) is 7.05 Å². The summed E-state index contributed by atoms with van der Waals surface area (Å²) in [6.45, 7) is 1.41. The second kappa shape index (κ2) is 1.21. The molecule has 0 radical (unpaired) electrons. The van der Waals surface area contributed by atoms with Crippen LogP contribution in [0.3, 0.4) is 0 Å². The van der Waals surface area contributed by atoms with Crippen LogP contribution in [0.2, 0.25) is 0 Å². The average molecular weight is 87.1 g/mol. The minimum atomic E-state index is 0.330. The number of likely N-dealkylation sites (N-methyl/N-ethyl adjacent to an activating group) is 1. The molecule has 0 amide bonds. The molecule has 1 aliphatic heterocycles. The van der Waals surface area contributed by atoms with Gasteiger partial charge in [-0.2, -0.15) is 0 Å². The van der Waals surface area contributed by atoms with Gasteiger partial charge in [-0.25, -0.2) is 0 Å². The molecule has 1 rings (SSSR count). The Morgan fingerprint density at radius 2 is 2.50 bits per heavy atom. The van der Waals surface area contributed by atoms with Gasteiger partial charge >= 0.3 is 0 Å². The van der Waals surface area contributed by atoms with Gasteiger partial charge in [-0.15, -0.1) is 0 Å². The highest BCUT2D eigenvalue weighted by atomic mass is 16.3. The molecular formula is C4H9NO. The molecule has 2 nitrogen and oxygen atoms in total. The zero-order valence-electron chi connectivity index (χ0n) is 3.89. The molecule has 1 fully saturated rings. The van der Waals surface area contributed by atoms with Gasteiger partial charge in [0.05, 0.1) is 6.61 Å². The first-order chi connectivity index (χ1) is 2.84. The Labute approximate surface area is 37.4 Å². The van der Waals surface area contributed by atoms with Crippen molar-refractivity contribution in [1.29, 1.82) is 0 Å². The molecule has 1 saturated heterocycles. The highest BCUT2D eigenvalue weighted by molar-refractivity contribution is 4.84. The monoisotopic (exact) mass is 87.1 g/mol. The minimum Gasteiger partial charge on any atom is -0.395 e. The molecule has 2 heteroatoms. The SMILES string of the molecule is CN1CC1CO. The van der Waals surface area contributed by atoms with Gasteiger partial charge < -0.3 is 5.11 Å². The van der Waals surface area contributed by atoms with Crippen LogP contribution in [-0.4, -0.2) is 36.2 Å². The summed E-state index contributed by atoms with van der Waals surface area (Å²) in [5.41, 5.74) is 0. The van der Waals surface area contributed by atoms with Crippen molar-refractivity contribution in [2.45, 2.75) is 6.04 Å². The molecule has 0 aromatic rings. The van der Waals surface area contributed by atoms with Crippen molar-refractivity contribution in [3.63, 3.8) is 0 Å². The predicted molar refractivity (Wildman–Crippen MR) is 23.5 cm³/mol. The van der Waals surface area contributed by atoms with Crippen LogP contribution < -0.4 is 0 Å². The van der Waals surface area contributed by atoms with E-state index in [2.05, 4.69) is 4.90 Å². The van der Waals surface area contributed by atoms with E-state index in [1.54, 1.807) is 0 Å². The smallest absolute Gasteiger partial charge is 0.0599 e. The molecule has 1 heterocycles. The molecule has 0 aliphatic carbocycles. The number of rotatable bonds is 1. The fourth-order valence-electron chi connectivity index (χ4n) is 0.482. The summed E-state index contributed by atoms with van der Waals surface area (Å²) in [6, 6.07) is 0.491. The van der Waals surface area contributed by atoms with Crippen LogP contribution in [0.25, 0.3) is 0 Å². The third-order valence-corrected chi connectivity index (χ3v) is 1.20. The quantitative estimate of drug-likeness (QED) is 0.427. The predicted octanol–water partition coefficient (Wildman–Crippen LogP) is -0.707. The summed E-state index contributed by atoms with van der Waals surface area (Å²) in [5, 5.41) is 8.33. The molecule has 6 heavy (non-hydrogen) atoms. The highest BCUT2D eigenvalue weighted by Gasteiger charge is 2.27. The molecule has 1 aliphatic rings.